The molecule has 0 bridgehead atoms. The predicted molar refractivity (Wildman–Crippen MR) is 147 cm³/mol. The Labute approximate surface area is 232 Å². The fraction of sp³-hybridized carbons (Fsp3) is 0.310. The summed E-state index contributed by atoms with van der Waals surface area (Å²) in [5.41, 5.74) is 3.54. The summed E-state index contributed by atoms with van der Waals surface area (Å²) in [5, 5.41) is 17.4. The molecule has 1 fully saturated rings. The lowest BCUT2D eigenvalue weighted by Crippen LogP contribution is -2.51. The molecule has 11 nitrogen and oxygen atoms in total. The number of carbonyl (C=O) groups excluding carboxylic acids is 1. The molecule has 4 aromatic rings. The van der Waals surface area contributed by atoms with E-state index in [0.717, 1.165) is 11.1 Å². The van der Waals surface area contributed by atoms with Gasteiger partial charge in [-0.05, 0) is 53.6 Å². The second-order valence-corrected chi connectivity index (χ2v) is 9.25. The van der Waals surface area contributed by atoms with Crippen molar-refractivity contribution >= 4 is 17.1 Å². The Bertz CT molecular complexity index is 1520. The van der Waals surface area contributed by atoms with Gasteiger partial charge < -0.3 is 23.8 Å². The SMILES string of the molecule is COc1ccc(C(c2ccc(OC)c(OC)c2)N2CCN(C(=O)n3nnc4ccc(C#N)cc43)CC2)cc1OC. The van der Waals surface area contributed by atoms with Crippen molar-refractivity contribution in [3.8, 4) is 29.1 Å². The summed E-state index contributed by atoms with van der Waals surface area (Å²) in [6.45, 7) is 2.18. The number of ether oxygens (including phenoxy) is 4. The van der Waals surface area contributed by atoms with Gasteiger partial charge in [0, 0.05) is 26.2 Å². The number of benzene rings is 3. The Kier molecular flexibility index (Phi) is 7.70. The van der Waals surface area contributed by atoms with E-state index in [2.05, 4.69) is 21.3 Å². The standard InChI is InChI=1S/C29H30N6O5/c1-37-24-9-6-20(16-26(24)39-3)28(21-7-10-25(38-2)27(17-21)40-4)33-11-13-34(14-12-33)29(36)35-23-15-19(18-30)5-8-22(23)31-32-35/h5-10,15-17,28H,11-14H2,1-4H3. The molecule has 1 amide bonds. The van der Waals surface area contributed by atoms with Crippen molar-refractivity contribution in [1.82, 2.24) is 24.8 Å². The molecule has 0 N–H and O–H groups in total. The molecule has 40 heavy (non-hydrogen) atoms. The van der Waals surface area contributed by atoms with Crippen LogP contribution in [-0.2, 0) is 0 Å². The summed E-state index contributed by atoms with van der Waals surface area (Å²) in [6, 6.07) is 18.5. The first-order valence-corrected chi connectivity index (χ1v) is 12.7. The number of hydrogen-bond acceptors (Lipinski definition) is 9. The molecule has 1 aromatic heterocycles. The van der Waals surface area contributed by atoms with Gasteiger partial charge in [0.15, 0.2) is 23.0 Å². The van der Waals surface area contributed by atoms with Gasteiger partial charge in [-0.2, -0.15) is 9.94 Å². The fourth-order valence-electron chi connectivity index (χ4n) is 5.09. The minimum absolute atomic E-state index is 0.151. The summed E-state index contributed by atoms with van der Waals surface area (Å²) in [6.07, 6.45) is 0. The van der Waals surface area contributed by atoms with E-state index in [-0.39, 0.29) is 12.1 Å². The second kappa shape index (κ2) is 11.5. The number of aromatic nitrogens is 3. The number of nitriles is 1. The second-order valence-electron chi connectivity index (χ2n) is 9.25. The van der Waals surface area contributed by atoms with E-state index in [1.165, 1.54) is 4.68 Å². The fourth-order valence-corrected chi connectivity index (χ4v) is 5.09. The number of fused-ring (bicyclic) bond motifs is 1. The van der Waals surface area contributed by atoms with E-state index < -0.39 is 0 Å². The molecule has 0 radical (unpaired) electrons. The van der Waals surface area contributed by atoms with Crippen molar-refractivity contribution in [2.45, 2.75) is 6.04 Å². The van der Waals surface area contributed by atoms with E-state index in [9.17, 15) is 10.1 Å². The number of methoxy groups -OCH3 is 4. The average Bonchev–Trinajstić information content (AvgIpc) is 3.44. The van der Waals surface area contributed by atoms with E-state index in [0.29, 0.717) is 65.8 Å². The highest BCUT2D eigenvalue weighted by Gasteiger charge is 2.31. The largest absolute Gasteiger partial charge is 0.493 e. The maximum absolute atomic E-state index is 13.4. The first-order chi connectivity index (χ1) is 19.5. The number of piperazine rings is 1. The Hall–Kier alpha value is -4.82. The molecule has 0 atom stereocenters. The van der Waals surface area contributed by atoms with E-state index in [4.69, 9.17) is 18.9 Å². The summed E-state index contributed by atoms with van der Waals surface area (Å²) in [4.78, 5) is 17.5. The molecule has 0 unspecified atom stereocenters. The van der Waals surface area contributed by atoms with Gasteiger partial charge in [0.1, 0.15) is 11.0 Å². The number of carbonyl (C=O) groups is 1. The van der Waals surface area contributed by atoms with Crippen LogP contribution >= 0.6 is 0 Å². The molecule has 0 saturated carbocycles. The van der Waals surface area contributed by atoms with Crippen LogP contribution in [0.5, 0.6) is 23.0 Å². The van der Waals surface area contributed by atoms with Gasteiger partial charge in [0.2, 0.25) is 0 Å². The lowest BCUT2D eigenvalue weighted by Gasteiger charge is -2.39. The molecule has 2 heterocycles. The Morgan fingerprint density at radius 3 is 1.90 bits per heavy atom. The van der Waals surface area contributed by atoms with Crippen LogP contribution in [0.3, 0.4) is 0 Å². The maximum Gasteiger partial charge on any atom is 0.346 e. The van der Waals surface area contributed by atoms with Crippen molar-refractivity contribution in [2.24, 2.45) is 0 Å². The molecular weight excluding hydrogens is 512 g/mol. The zero-order valence-electron chi connectivity index (χ0n) is 22.8. The molecule has 3 aromatic carbocycles. The molecule has 11 heteroatoms. The number of rotatable bonds is 7. The van der Waals surface area contributed by atoms with E-state index in [1.54, 1.807) is 51.5 Å². The highest BCUT2D eigenvalue weighted by atomic mass is 16.5. The van der Waals surface area contributed by atoms with Crippen LogP contribution in [-0.4, -0.2) is 85.4 Å². The lowest BCUT2D eigenvalue weighted by atomic mass is 9.95. The van der Waals surface area contributed by atoms with Gasteiger partial charge in [-0.3, -0.25) is 4.90 Å². The summed E-state index contributed by atoms with van der Waals surface area (Å²) < 4.78 is 23.4. The molecule has 0 spiro atoms. The van der Waals surface area contributed by atoms with Crippen LogP contribution in [0, 0.1) is 11.3 Å². The number of amides is 1. The number of hydrogen-bond donors (Lipinski definition) is 0. The van der Waals surface area contributed by atoms with Crippen LogP contribution in [0.15, 0.2) is 54.6 Å². The van der Waals surface area contributed by atoms with E-state index in [1.807, 2.05) is 36.4 Å². The molecule has 5 rings (SSSR count). The van der Waals surface area contributed by atoms with Crippen molar-refractivity contribution in [3.05, 3.63) is 71.3 Å². The Morgan fingerprint density at radius 2 is 1.38 bits per heavy atom. The molecular formula is C29H30N6O5. The van der Waals surface area contributed by atoms with Crippen LogP contribution in [0.1, 0.15) is 22.7 Å². The summed E-state index contributed by atoms with van der Waals surface area (Å²) >= 11 is 0. The van der Waals surface area contributed by atoms with E-state index >= 15 is 0 Å². The Balaban J connectivity index is 1.44. The Morgan fingerprint density at radius 1 is 0.800 bits per heavy atom. The third-order valence-electron chi connectivity index (χ3n) is 7.15. The van der Waals surface area contributed by atoms with Crippen molar-refractivity contribution in [3.63, 3.8) is 0 Å². The molecule has 206 valence electrons. The summed E-state index contributed by atoms with van der Waals surface area (Å²) in [5.74, 6) is 2.56. The molecule has 1 aliphatic heterocycles. The van der Waals surface area contributed by atoms with Crippen LogP contribution in [0.4, 0.5) is 4.79 Å². The van der Waals surface area contributed by atoms with Crippen molar-refractivity contribution in [2.75, 3.05) is 54.6 Å². The van der Waals surface area contributed by atoms with Gasteiger partial charge in [-0.25, -0.2) is 4.79 Å². The zero-order valence-corrected chi connectivity index (χ0v) is 22.8. The van der Waals surface area contributed by atoms with Crippen LogP contribution in [0.2, 0.25) is 0 Å². The molecule has 0 aliphatic carbocycles. The van der Waals surface area contributed by atoms with Crippen LogP contribution < -0.4 is 18.9 Å². The van der Waals surface area contributed by atoms with Gasteiger partial charge in [-0.15, -0.1) is 5.10 Å². The number of nitrogens with zero attached hydrogens (tertiary/aromatic N) is 6. The third kappa shape index (κ3) is 4.97. The van der Waals surface area contributed by atoms with Crippen molar-refractivity contribution < 1.29 is 23.7 Å². The monoisotopic (exact) mass is 542 g/mol. The zero-order chi connectivity index (χ0) is 28.2. The smallest absolute Gasteiger partial charge is 0.346 e. The molecule has 1 aliphatic rings. The van der Waals surface area contributed by atoms with Crippen molar-refractivity contribution in [1.29, 1.82) is 5.26 Å². The third-order valence-corrected chi connectivity index (χ3v) is 7.15. The quantitative estimate of drug-likeness (QED) is 0.345. The predicted octanol–water partition coefficient (Wildman–Crippen LogP) is 3.71. The minimum atomic E-state index is -0.272. The average molecular weight is 543 g/mol. The summed E-state index contributed by atoms with van der Waals surface area (Å²) in [7, 11) is 6.45. The first-order valence-electron chi connectivity index (χ1n) is 12.7. The topological polar surface area (TPSA) is 115 Å². The minimum Gasteiger partial charge on any atom is -0.493 e. The lowest BCUT2D eigenvalue weighted by molar-refractivity contribution is 0.119. The first kappa shape index (κ1) is 26.8. The molecule has 1 saturated heterocycles. The highest BCUT2D eigenvalue weighted by Crippen LogP contribution is 2.38. The van der Waals surface area contributed by atoms with Gasteiger partial charge in [0.25, 0.3) is 0 Å². The van der Waals surface area contributed by atoms with Gasteiger partial charge in [-0.1, -0.05) is 17.3 Å². The van der Waals surface area contributed by atoms with Crippen LogP contribution in [0.25, 0.3) is 11.0 Å². The highest BCUT2D eigenvalue weighted by molar-refractivity contribution is 5.88. The maximum atomic E-state index is 13.4. The van der Waals surface area contributed by atoms with Gasteiger partial charge in [0.05, 0.1) is 46.1 Å². The van der Waals surface area contributed by atoms with Gasteiger partial charge >= 0.3 is 6.03 Å². The normalized spacial score (nSPS) is 13.8.